The molecule has 6 heteroatoms. The van der Waals surface area contributed by atoms with Crippen LogP contribution in [0.4, 0.5) is 5.95 Å². The number of thioether (sulfide) groups is 1. The maximum atomic E-state index is 9.02. The Kier molecular flexibility index (Phi) is 4.61. The Morgan fingerprint density at radius 1 is 1.56 bits per heavy atom. The summed E-state index contributed by atoms with van der Waals surface area (Å²) in [5, 5.41) is 9.59. The lowest BCUT2D eigenvalue weighted by molar-refractivity contribution is 0.272. The average Bonchev–Trinajstić information content (AvgIpc) is 2.28. The van der Waals surface area contributed by atoms with E-state index >= 15 is 0 Å². The van der Waals surface area contributed by atoms with Gasteiger partial charge in [-0.2, -0.15) is 5.26 Å². The van der Waals surface area contributed by atoms with Gasteiger partial charge in [0.25, 0.3) is 0 Å². The molecule has 0 saturated heterocycles. The quantitative estimate of drug-likeness (QED) is 0.486. The van der Waals surface area contributed by atoms with Gasteiger partial charge in [0.2, 0.25) is 5.95 Å². The van der Waals surface area contributed by atoms with E-state index in [2.05, 4.69) is 16.0 Å². The number of nitrogen functional groups attached to an aromatic ring is 1. The molecular formula is C10H12N4OS. The molecule has 0 unspecified atom stereocenters. The zero-order chi connectivity index (χ0) is 12.0. The van der Waals surface area contributed by atoms with Gasteiger partial charge < -0.3 is 10.5 Å². The van der Waals surface area contributed by atoms with Crippen LogP contribution >= 0.6 is 11.8 Å². The van der Waals surface area contributed by atoms with Gasteiger partial charge in [-0.15, -0.1) is 11.8 Å². The van der Waals surface area contributed by atoms with Crippen molar-refractivity contribution in [3.63, 3.8) is 0 Å². The fourth-order valence-corrected chi connectivity index (χ4v) is 1.60. The summed E-state index contributed by atoms with van der Waals surface area (Å²) in [5.41, 5.74) is 6.44. The fraction of sp³-hybridized carbons (Fsp3) is 0.300. The Balaban J connectivity index is 3.16. The van der Waals surface area contributed by atoms with Gasteiger partial charge in [0.1, 0.15) is 16.7 Å². The van der Waals surface area contributed by atoms with E-state index < -0.39 is 0 Å². The first kappa shape index (κ1) is 12.3. The van der Waals surface area contributed by atoms with Crippen molar-refractivity contribution in [1.82, 2.24) is 9.97 Å². The zero-order valence-electron chi connectivity index (χ0n) is 9.10. The van der Waals surface area contributed by atoms with E-state index in [0.717, 1.165) is 0 Å². The monoisotopic (exact) mass is 236 g/mol. The SMILES string of the molecule is CCOC=Cc1nc(N)nc(SC)c1C#N. The van der Waals surface area contributed by atoms with Crippen molar-refractivity contribution in [1.29, 1.82) is 5.26 Å². The van der Waals surface area contributed by atoms with Crippen LogP contribution < -0.4 is 5.73 Å². The molecular weight excluding hydrogens is 224 g/mol. The summed E-state index contributed by atoms with van der Waals surface area (Å²) in [6, 6.07) is 2.06. The molecule has 1 aromatic heterocycles. The van der Waals surface area contributed by atoms with Crippen molar-refractivity contribution in [3.8, 4) is 6.07 Å². The number of nitrogens with two attached hydrogens (primary N) is 1. The summed E-state index contributed by atoms with van der Waals surface area (Å²) in [6.07, 6.45) is 4.94. The van der Waals surface area contributed by atoms with E-state index in [4.69, 9.17) is 15.7 Å². The van der Waals surface area contributed by atoms with Crippen molar-refractivity contribution in [3.05, 3.63) is 17.5 Å². The van der Waals surface area contributed by atoms with Gasteiger partial charge in [0.15, 0.2) is 0 Å². The highest BCUT2D eigenvalue weighted by Gasteiger charge is 2.10. The predicted octanol–water partition coefficient (Wildman–Crippen LogP) is 1.66. The summed E-state index contributed by atoms with van der Waals surface area (Å²) in [4.78, 5) is 7.97. The lowest BCUT2D eigenvalue weighted by Gasteiger charge is -2.03. The third kappa shape index (κ3) is 2.87. The van der Waals surface area contributed by atoms with E-state index in [1.807, 2.05) is 13.2 Å². The highest BCUT2D eigenvalue weighted by atomic mass is 32.2. The maximum Gasteiger partial charge on any atom is 0.221 e. The summed E-state index contributed by atoms with van der Waals surface area (Å²) in [7, 11) is 0. The van der Waals surface area contributed by atoms with Gasteiger partial charge in [-0.05, 0) is 19.3 Å². The van der Waals surface area contributed by atoms with E-state index in [-0.39, 0.29) is 5.95 Å². The van der Waals surface area contributed by atoms with Crippen molar-refractivity contribution in [2.45, 2.75) is 11.9 Å². The summed E-state index contributed by atoms with van der Waals surface area (Å²) < 4.78 is 5.05. The van der Waals surface area contributed by atoms with Crippen LogP contribution in [-0.2, 0) is 4.74 Å². The van der Waals surface area contributed by atoms with E-state index in [1.165, 1.54) is 18.0 Å². The Labute approximate surface area is 98.3 Å². The lowest BCUT2D eigenvalue weighted by Crippen LogP contribution is -2.01. The first-order valence-corrected chi connectivity index (χ1v) is 5.85. The molecule has 1 aromatic rings. The fourth-order valence-electron chi connectivity index (χ4n) is 1.06. The molecule has 0 radical (unpaired) electrons. The van der Waals surface area contributed by atoms with Crippen LogP contribution in [0.3, 0.4) is 0 Å². The molecule has 84 valence electrons. The van der Waals surface area contributed by atoms with E-state index in [9.17, 15) is 0 Å². The molecule has 0 fully saturated rings. The highest BCUT2D eigenvalue weighted by Crippen LogP contribution is 2.21. The molecule has 2 N–H and O–H groups in total. The number of aromatic nitrogens is 2. The molecule has 0 aliphatic heterocycles. The topological polar surface area (TPSA) is 84.8 Å². The Hall–Kier alpha value is -1.74. The van der Waals surface area contributed by atoms with Crippen LogP contribution in [0.25, 0.3) is 6.08 Å². The molecule has 0 spiro atoms. The van der Waals surface area contributed by atoms with Gasteiger partial charge in [0.05, 0.1) is 18.6 Å². The van der Waals surface area contributed by atoms with Crippen LogP contribution in [0, 0.1) is 11.3 Å². The number of anilines is 1. The summed E-state index contributed by atoms with van der Waals surface area (Å²) in [6.45, 7) is 2.44. The molecule has 0 aliphatic carbocycles. The molecule has 0 bridgehead atoms. The minimum absolute atomic E-state index is 0.152. The number of rotatable bonds is 4. The maximum absolute atomic E-state index is 9.02. The zero-order valence-corrected chi connectivity index (χ0v) is 9.91. The van der Waals surface area contributed by atoms with Crippen molar-refractivity contribution in [2.75, 3.05) is 18.6 Å². The second-order valence-electron chi connectivity index (χ2n) is 2.72. The van der Waals surface area contributed by atoms with Gasteiger partial charge in [-0.3, -0.25) is 0 Å². The third-order valence-corrected chi connectivity index (χ3v) is 2.40. The second kappa shape index (κ2) is 5.98. The van der Waals surface area contributed by atoms with Crippen LogP contribution in [0.2, 0.25) is 0 Å². The number of ether oxygens (including phenoxy) is 1. The standard InChI is InChI=1S/C10H12N4OS/c1-3-15-5-4-8-7(6-11)9(16-2)14-10(12)13-8/h4-5H,3H2,1-2H3,(H2,12,13,14). The minimum atomic E-state index is 0.152. The highest BCUT2D eigenvalue weighted by molar-refractivity contribution is 7.98. The van der Waals surface area contributed by atoms with Crippen LogP contribution in [-0.4, -0.2) is 22.8 Å². The smallest absolute Gasteiger partial charge is 0.221 e. The van der Waals surface area contributed by atoms with Crippen LogP contribution in [0.1, 0.15) is 18.2 Å². The van der Waals surface area contributed by atoms with Crippen molar-refractivity contribution in [2.24, 2.45) is 0 Å². The summed E-state index contributed by atoms with van der Waals surface area (Å²) >= 11 is 1.36. The molecule has 0 amide bonds. The molecule has 1 rings (SSSR count). The predicted molar refractivity (Wildman–Crippen MR) is 63.6 cm³/mol. The third-order valence-electron chi connectivity index (χ3n) is 1.72. The first-order valence-electron chi connectivity index (χ1n) is 4.62. The van der Waals surface area contributed by atoms with Crippen LogP contribution in [0.15, 0.2) is 11.3 Å². The molecule has 0 aromatic carbocycles. The van der Waals surface area contributed by atoms with E-state index in [1.54, 1.807) is 6.08 Å². The number of hydrogen-bond donors (Lipinski definition) is 1. The Bertz CT molecular complexity index is 439. The molecule has 0 aliphatic rings. The molecule has 0 atom stereocenters. The normalized spacial score (nSPS) is 10.3. The molecule has 1 heterocycles. The van der Waals surface area contributed by atoms with Gasteiger partial charge >= 0.3 is 0 Å². The number of nitrogens with zero attached hydrogens (tertiary/aromatic N) is 3. The molecule has 16 heavy (non-hydrogen) atoms. The second-order valence-corrected chi connectivity index (χ2v) is 3.52. The first-order chi connectivity index (χ1) is 7.72. The molecule has 0 saturated carbocycles. The largest absolute Gasteiger partial charge is 0.501 e. The molecule has 5 nitrogen and oxygen atoms in total. The van der Waals surface area contributed by atoms with Gasteiger partial charge in [-0.1, -0.05) is 0 Å². The Morgan fingerprint density at radius 2 is 2.31 bits per heavy atom. The average molecular weight is 236 g/mol. The lowest BCUT2D eigenvalue weighted by atomic mass is 10.2. The van der Waals surface area contributed by atoms with Crippen molar-refractivity contribution >= 4 is 23.8 Å². The van der Waals surface area contributed by atoms with Crippen LogP contribution in [0.5, 0.6) is 0 Å². The van der Waals surface area contributed by atoms with Crippen molar-refractivity contribution < 1.29 is 4.74 Å². The minimum Gasteiger partial charge on any atom is -0.501 e. The van der Waals surface area contributed by atoms with Gasteiger partial charge in [0, 0.05) is 0 Å². The summed E-state index contributed by atoms with van der Waals surface area (Å²) in [5.74, 6) is 0.152. The number of nitriles is 1. The van der Waals surface area contributed by atoms with Gasteiger partial charge in [-0.25, -0.2) is 9.97 Å². The van der Waals surface area contributed by atoms with E-state index in [0.29, 0.717) is 22.9 Å². The Morgan fingerprint density at radius 3 is 2.88 bits per heavy atom. The number of hydrogen-bond acceptors (Lipinski definition) is 6.